The second-order valence-electron chi connectivity index (χ2n) is 7.66. The van der Waals surface area contributed by atoms with E-state index in [0.29, 0.717) is 0 Å². The number of carbonyl (C=O) groups excluding carboxylic acids is 3. The Bertz CT molecular complexity index is 1340. The molecule has 0 fully saturated rings. The topological polar surface area (TPSA) is 151 Å². The minimum Gasteiger partial charge on any atom is -0.387 e. The van der Waals surface area contributed by atoms with Crippen molar-refractivity contribution < 1.29 is 25.3 Å². The first-order valence-electron chi connectivity index (χ1n) is 9.98. The normalized spacial score (nSPS) is 13.0. The molecule has 0 aliphatic carbocycles. The highest BCUT2D eigenvalue weighted by atomic mass is 19.1. The summed E-state index contributed by atoms with van der Waals surface area (Å²) in [5, 5.41) is 17.9. The molecule has 0 radical (unpaired) electrons. The number of fused-ring (bicyclic) bond motifs is 2. The van der Waals surface area contributed by atoms with Gasteiger partial charge in [0.25, 0.3) is 17.4 Å². The Kier molecular flexibility index (Phi) is 5.64. The first kappa shape index (κ1) is 22.1. The van der Waals surface area contributed by atoms with Crippen molar-refractivity contribution in [2.75, 3.05) is 17.2 Å². The van der Waals surface area contributed by atoms with Gasteiger partial charge in [-0.1, -0.05) is 0 Å². The van der Waals surface area contributed by atoms with Gasteiger partial charge < -0.3 is 25.2 Å². The summed E-state index contributed by atoms with van der Waals surface area (Å²) in [7, 11) is 0. The van der Waals surface area contributed by atoms with Gasteiger partial charge in [0, 0.05) is 13.5 Å². The van der Waals surface area contributed by atoms with E-state index in [1.807, 2.05) is 0 Å². The number of amides is 3. The SMILES string of the molecule is CC(C)N1Cc2c(n(CC(=O)Nc3ccc(F)cn3)c3cc(NC(=O)CO)nn3c2=O)C1=O.[HH]. The van der Waals surface area contributed by atoms with Crippen LogP contribution < -0.4 is 16.2 Å². The van der Waals surface area contributed by atoms with E-state index >= 15 is 0 Å². The minimum atomic E-state index is -0.788. The van der Waals surface area contributed by atoms with Gasteiger partial charge in [0.15, 0.2) is 5.82 Å². The second-order valence-corrected chi connectivity index (χ2v) is 7.66. The number of anilines is 2. The lowest BCUT2D eigenvalue weighted by molar-refractivity contribution is -0.119. The third-order valence-electron chi connectivity index (χ3n) is 5.10. The highest BCUT2D eigenvalue weighted by Crippen LogP contribution is 2.25. The summed E-state index contributed by atoms with van der Waals surface area (Å²) in [6.07, 6.45) is 0.946. The van der Waals surface area contributed by atoms with Gasteiger partial charge in [-0.05, 0) is 26.0 Å². The molecular formula is C20H22FN7O5. The molecule has 0 saturated carbocycles. The van der Waals surface area contributed by atoms with Gasteiger partial charge >= 0.3 is 0 Å². The van der Waals surface area contributed by atoms with Crippen molar-refractivity contribution >= 4 is 35.0 Å². The molecule has 0 saturated heterocycles. The number of aliphatic hydroxyl groups excluding tert-OH is 1. The molecule has 3 amide bonds. The largest absolute Gasteiger partial charge is 0.387 e. The zero-order chi connectivity index (χ0) is 23.9. The molecule has 4 rings (SSSR count). The van der Waals surface area contributed by atoms with E-state index in [-0.39, 0.29) is 49.1 Å². The monoisotopic (exact) mass is 459 g/mol. The molecule has 3 N–H and O–H groups in total. The lowest BCUT2D eigenvalue weighted by Gasteiger charge is -2.20. The molecule has 0 atom stereocenters. The Morgan fingerprint density at radius 2 is 1.94 bits per heavy atom. The van der Waals surface area contributed by atoms with E-state index in [1.165, 1.54) is 21.6 Å². The molecule has 4 heterocycles. The van der Waals surface area contributed by atoms with Crippen LogP contribution in [0.25, 0.3) is 5.65 Å². The summed E-state index contributed by atoms with van der Waals surface area (Å²) < 4.78 is 15.4. The quantitative estimate of drug-likeness (QED) is 0.477. The number of nitrogens with zero attached hydrogens (tertiary/aromatic N) is 5. The highest BCUT2D eigenvalue weighted by Gasteiger charge is 2.36. The van der Waals surface area contributed by atoms with Crippen LogP contribution in [0.2, 0.25) is 0 Å². The van der Waals surface area contributed by atoms with Gasteiger partial charge in [0.05, 0.1) is 18.3 Å². The Balaban J connectivity index is 0.00000324. The summed E-state index contributed by atoms with van der Waals surface area (Å²) in [6.45, 7) is 2.48. The molecule has 1 aliphatic heterocycles. The molecule has 13 heteroatoms. The van der Waals surface area contributed by atoms with Crippen LogP contribution in [0.4, 0.5) is 16.0 Å². The molecule has 174 valence electrons. The van der Waals surface area contributed by atoms with Gasteiger partial charge in [0.2, 0.25) is 5.91 Å². The molecular weight excluding hydrogens is 437 g/mol. The number of carbonyl (C=O) groups is 3. The molecule has 12 nitrogen and oxygen atoms in total. The van der Waals surface area contributed by atoms with Gasteiger partial charge in [0.1, 0.15) is 36.1 Å². The summed E-state index contributed by atoms with van der Waals surface area (Å²) >= 11 is 0. The second kappa shape index (κ2) is 8.43. The number of hydrogen-bond acceptors (Lipinski definition) is 7. The van der Waals surface area contributed by atoms with Gasteiger partial charge in [-0.25, -0.2) is 9.37 Å². The van der Waals surface area contributed by atoms with Crippen molar-refractivity contribution in [2.24, 2.45) is 0 Å². The Morgan fingerprint density at radius 3 is 2.58 bits per heavy atom. The predicted octanol–water partition coefficient (Wildman–Crippen LogP) is 0.210. The van der Waals surface area contributed by atoms with E-state index in [4.69, 9.17) is 5.11 Å². The maximum atomic E-state index is 13.1. The van der Waals surface area contributed by atoms with Gasteiger partial charge in [-0.2, -0.15) is 4.52 Å². The minimum absolute atomic E-state index is 0. The Morgan fingerprint density at radius 1 is 1.21 bits per heavy atom. The fraction of sp³-hybridized carbons (Fsp3) is 0.300. The average molecular weight is 459 g/mol. The first-order valence-corrected chi connectivity index (χ1v) is 9.98. The predicted molar refractivity (Wildman–Crippen MR) is 115 cm³/mol. The third-order valence-corrected chi connectivity index (χ3v) is 5.10. The molecule has 0 unspecified atom stereocenters. The summed E-state index contributed by atoms with van der Waals surface area (Å²) in [5.74, 6) is -2.24. The van der Waals surface area contributed by atoms with Crippen LogP contribution in [-0.4, -0.2) is 59.5 Å². The average Bonchev–Trinajstić information content (AvgIpc) is 3.34. The number of pyridine rings is 1. The number of halogens is 1. The number of nitrogens with one attached hydrogen (secondary N) is 2. The fourth-order valence-corrected chi connectivity index (χ4v) is 3.58. The van der Waals surface area contributed by atoms with Crippen molar-refractivity contribution in [1.29, 1.82) is 0 Å². The smallest absolute Gasteiger partial charge is 0.280 e. The molecule has 3 aromatic heterocycles. The summed E-state index contributed by atoms with van der Waals surface area (Å²) in [5.41, 5.74) is -0.258. The summed E-state index contributed by atoms with van der Waals surface area (Å²) in [4.78, 5) is 55.7. The Hall–Kier alpha value is -4.13. The van der Waals surface area contributed by atoms with Crippen molar-refractivity contribution in [3.63, 3.8) is 0 Å². The van der Waals surface area contributed by atoms with Crippen LogP contribution in [-0.2, 0) is 22.7 Å². The zero-order valence-electron chi connectivity index (χ0n) is 17.7. The summed E-state index contributed by atoms with van der Waals surface area (Å²) in [6, 6.07) is 3.55. The lowest BCUT2D eigenvalue weighted by Crippen LogP contribution is -2.32. The van der Waals surface area contributed by atoms with Crippen LogP contribution in [0.15, 0.2) is 29.2 Å². The first-order chi connectivity index (χ1) is 15.7. The number of aromatic nitrogens is 4. The molecule has 1 aliphatic rings. The standard InChI is InChI=1S/C20H20FN7O5.H2/c1-10(2)26-7-12-18(20(26)33)27(8-15(30)23-13-4-3-11(21)6-22-13)17-5-14(24-16(31)9-29)25-28(17)19(12)32;/h3-6,10,29H,7-9H2,1-2H3,(H,22,23,30)(H,24,25,31);1H. The number of hydrogen-bond donors (Lipinski definition) is 3. The Labute approximate surface area is 187 Å². The van der Waals surface area contributed by atoms with E-state index in [9.17, 15) is 23.6 Å². The van der Waals surface area contributed by atoms with Gasteiger partial charge in [-0.15, -0.1) is 5.10 Å². The molecule has 0 spiro atoms. The number of rotatable bonds is 6. The maximum absolute atomic E-state index is 13.1. The van der Waals surface area contributed by atoms with Crippen molar-refractivity contribution in [2.45, 2.75) is 33.0 Å². The van der Waals surface area contributed by atoms with E-state index < -0.39 is 35.7 Å². The molecule has 33 heavy (non-hydrogen) atoms. The van der Waals surface area contributed by atoms with Crippen LogP contribution in [0.3, 0.4) is 0 Å². The number of aliphatic hydroxyl groups is 1. The fourth-order valence-electron chi connectivity index (χ4n) is 3.58. The van der Waals surface area contributed by atoms with Crippen LogP contribution in [0, 0.1) is 5.82 Å². The van der Waals surface area contributed by atoms with Crippen molar-refractivity contribution in [3.8, 4) is 0 Å². The van der Waals surface area contributed by atoms with Crippen LogP contribution >= 0.6 is 0 Å². The van der Waals surface area contributed by atoms with Crippen molar-refractivity contribution in [3.05, 3.63) is 51.8 Å². The molecule has 0 bridgehead atoms. The van der Waals surface area contributed by atoms with Crippen LogP contribution in [0.1, 0.15) is 31.3 Å². The van der Waals surface area contributed by atoms with E-state index in [1.54, 1.807) is 13.8 Å². The highest BCUT2D eigenvalue weighted by molar-refractivity contribution is 5.99. The third kappa shape index (κ3) is 4.05. The molecule has 0 aromatic carbocycles. The van der Waals surface area contributed by atoms with E-state index in [0.717, 1.165) is 16.8 Å². The zero-order valence-corrected chi connectivity index (χ0v) is 17.7. The van der Waals surface area contributed by atoms with Crippen molar-refractivity contribution in [1.82, 2.24) is 24.1 Å². The van der Waals surface area contributed by atoms with Crippen LogP contribution in [0.5, 0.6) is 0 Å². The van der Waals surface area contributed by atoms with E-state index in [2.05, 4.69) is 20.7 Å². The maximum Gasteiger partial charge on any atom is 0.280 e. The molecule has 3 aromatic rings. The van der Waals surface area contributed by atoms with Gasteiger partial charge in [-0.3, -0.25) is 19.2 Å². The lowest BCUT2D eigenvalue weighted by atomic mass is 10.2.